The second-order valence-corrected chi connectivity index (χ2v) is 4.06. The van der Waals surface area contributed by atoms with E-state index in [1.165, 1.54) is 0 Å². The lowest BCUT2D eigenvalue weighted by Gasteiger charge is -2.13. The Kier molecular flexibility index (Phi) is 2.26. The maximum absolute atomic E-state index is 12.3. The number of rotatable bonds is 2. The zero-order valence-corrected chi connectivity index (χ0v) is 8.02. The molecule has 76 valence electrons. The van der Waals surface area contributed by atoms with E-state index in [4.69, 9.17) is 11.6 Å². The van der Waals surface area contributed by atoms with Gasteiger partial charge in [-0.05, 0) is 17.5 Å². The topological polar surface area (TPSA) is 0 Å². The molecule has 14 heavy (non-hydrogen) atoms. The average molecular weight is 219 g/mol. The molecule has 0 nitrogen and oxygen atoms in total. The smallest absolute Gasteiger partial charge is 0.449 e. The highest BCUT2D eigenvalue weighted by Gasteiger charge is 2.51. The van der Waals surface area contributed by atoms with Gasteiger partial charge in [-0.15, -0.1) is 0 Å². The first-order chi connectivity index (χ1) is 6.50. The molecule has 0 saturated heterocycles. The van der Waals surface area contributed by atoms with Crippen molar-refractivity contribution in [2.75, 3.05) is 0 Å². The molecule has 0 radical (unpaired) electrons. The van der Waals surface area contributed by atoms with E-state index in [0.29, 0.717) is 10.6 Å². The Bertz CT molecular complexity index is 350. The third-order valence-corrected chi connectivity index (χ3v) is 2.97. The van der Waals surface area contributed by atoms with Crippen molar-refractivity contribution in [3.63, 3.8) is 0 Å². The van der Waals surface area contributed by atoms with Gasteiger partial charge >= 0.3 is 6.98 Å². The van der Waals surface area contributed by atoms with E-state index >= 15 is 0 Å². The minimum atomic E-state index is -4.70. The standard InChI is InChI=1S/C9H8BClF3/c11-9-4-2-1-3-6(9)7-5-8(7)10(12,13)14/h1-4,7-8H,5H2/q-1/t7-,8+/m0/s1. The van der Waals surface area contributed by atoms with Crippen LogP contribution in [0.2, 0.25) is 10.8 Å². The van der Waals surface area contributed by atoms with Gasteiger partial charge in [-0.2, -0.15) is 0 Å². The lowest BCUT2D eigenvalue weighted by atomic mass is 9.81. The number of benzene rings is 1. The molecule has 0 aromatic heterocycles. The molecule has 0 unspecified atom stereocenters. The predicted molar refractivity (Wildman–Crippen MR) is 51.6 cm³/mol. The molecule has 1 aromatic carbocycles. The van der Waals surface area contributed by atoms with Gasteiger partial charge in [0.25, 0.3) is 0 Å². The monoisotopic (exact) mass is 219 g/mol. The van der Waals surface area contributed by atoms with Crippen LogP contribution in [0, 0.1) is 0 Å². The molecule has 2 atom stereocenters. The molecule has 5 heteroatoms. The molecule has 0 bridgehead atoms. The van der Waals surface area contributed by atoms with Crippen LogP contribution in [-0.4, -0.2) is 6.98 Å². The van der Waals surface area contributed by atoms with Crippen LogP contribution < -0.4 is 0 Å². The molecule has 2 rings (SSSR count). The Labute approximate surface area is 85.1 Å². The second kappa shape index (κ2) is 3.19. The highest BCUT2D eigenvalue weighted by Crippen LogP contribution is 2.60. The fourth-order valence-corrected chi connectivity index (χ4v) is 2.04. The van der Waals surface area contributed by atoms with E-state index in [0.717, 1.165) is 0 Å². The Balaban J connectivity index is 2.18. The molecule has 1 fully saturated rings. The molecule has 0 spiro atoms. The number of hydrogen-bond donors (Lipinski definition) is 0. The summed E-state index contributed by atoms with van der Waals surface area (Å²) in [6.45, 7) is -4.70. The summed E-state index contributed by atoms with van der Waals surface area (Å²) in [5.74, 6) is -1.53. The van der Waals surface area contributed by atoms with Crippen molar-refractivity contribution in [1.29, 1.82) is 0 Å². The normalized spacial score (nSPS) is 26.3. The number of hydrogen-bond acceptors (Lipinski definition) is 0. The van der Waals surface area contributed by atoms with E-state index in [-0.39, 0.29) is 6.42 Å². The summed E-state index contributed by atoms with van der Waals surface area (Å²) in [4.78, 5) is 0. The van der Waals surface area contributed by atoms with Gasteiger partial charge in [0.15, 0.2) is 0 Å². The fourth-order valence-electron chi connectivity index (χ4n) is 1.77. The van der Waals surface area contributed by atoms with Crippen LogP contribution in [0.15, 0.2) is 24.3 Å². The largest absolute Gasteiger partial charge is 0.481 e. The van der Waals surface area contributed by atoms with Crippen LogP contribution in [-0.2, 0) is 0 Å². The van der Waals surface area contributed by atoms with Crippen molar-refractivity contribution in [3.8, 4) is 0 Å². The average Bonchev–Trinajstić information content (AvgIpc) is 2.83. The maximum Gasteiger partial charge on any atom is 0.481 e. The third kappa shape index (κ3) is 1.76. The van der Waals surface area contributed by atoms with Gasteiger partial charge < -0.3 is 12.9 Å². The maximum atomic E-state index is 12.3. The highest BCUT2D eigenvalue weighted by atomic mass is 35.5. The van der Waals surface area contributed by atoms with Crippen LogP contribution in [0.5, 0.6) is 0 Å². The van der Waals surface area contributed by atoms with E-state index < -0.39 is 18.7 Å². The first-order valence-electron chi connectivity index (χ1n) is 4.44. The van der Waals surface area contributed by atoms with E-state index in [1.807, 2.05) is 0 Å². The van der Waals surface area contributed by atoms with E-state index in [2.05, 4.69) is 0 Å². The summed E-state index contributed by atoms with van der Waals surface area (Å²) in [6.07, 6.45) is 0.202. The van der Waals surface area contributed by atoms with Gasteiger partial charge in [0.05, 0.1) is 0 Å². The molecular weight excluding hydrogens is 211 g/mol. The SMILES string of the molecule is F[B-](F)(F)[C@@H]1C[C@H]1c1ccccc1Cl. The first-order valence-corrected chi connectivity index (χ1v) is 4.82. The zero-order chi connectivity index (χ0) is 10.3. The Hall–Kier alpha value is -0.635. The molecule has 0 aliphatic heterocycles. The van der Waals surface area contributed by atoms with Crippen LogP contribution in [0.3, 0.4) is 0 Å². The van der Waals surface area contributed by atoms with Gasteiger partial charge in [-0.25, -0.2) is 0 Å². The quantitative estimate of drug-likeness (QED) is 0.658. The second-order valence-electron chi connectivity index (χ2n) is 3.65. The summed E-state index contributed by atoms with van der Waals surface area (Å²) in [7, 11) is 0. The van der Waals surface area contributed by atoms with Gasteiger partial charge in [0.2, 0.25) is 0 Å². The lowest BCUT2D eigenvalue weighted by Crippen LogP contribution is -2.15. The summed E-state index contributed by atoms with van der Waals surface area (Å²) < 4.78 is 37.0. The van der Waals surface area contributed by atoms with Gasteiger partial charge in [-0.1, -0.05) is 42.0 Å². The Morgan fingerprint density at radius 2 is 1.86 bits per heavy atom. The Morgan fingerprint density at radius 3 is 2.36 bits per heavy atom. The van der Waals surface area contributed by atoms with Crippen LogP contribution >= 0.6 is 11.6 Å². The highest BCUT2D eigenvalue weighted by molar-refractivity contribution is 6.61. The van der Waals surface area contributed by atoms with Crippen molar-refractivity contribution >= 4 is 18.6 Å². The molecule has 1 aliphatic rings. The molecular formula is C9H8BClF3-. The predicted octanol–water partition coefficient (Wildman–Crippen LogP) is 4.04. The van der Waals surface area contributed by atoms with Crippen molar-refractivity contribution in [3.05, 3.63) is 34.9 Å². The van der Waals surface area contributed by atoms with Crippen LogP contribution in [0.1, 0.15) is 17.9 Å². The summed E-state index contributed by atoms with van der Waals surface area (Å²) in [6, 6.07) is 6.76. The van der Waals surface area contributed by atoms with E-state index in [9.17, 15) is 12.9 Å². The third-order valence-electron chi connectivity index (χ3n) is 2.63. The molecule has 0 amide bonds. The lowest BCUT2D eigenvalue weighted by molar-refractivity contribution is 0.463. The van der Waals surface area contributed by atoms with Crippen molar-refractivity contribution in [2.45, 2.75) is 18.2 Å². The summed E-state index contributed by atoms with van der Waals surface area (Å²) in [5.41, 5.74) is 0.637. The molecule has 1 aromatic rings. The van der Waals surface area contributed by atoms with Crippen molar-refractivity contribution in [1.82, 2.24) is 0 Å². The van der Waals surface area contributed by atoms with Crippen LogP contribution in [0.25, 0.3) is 0 Å². The zero-order valence-electron chi connectivity index (χ0n) is 7.26. The summed E-state index contributed by atoms with van der Waals surface area (Å²) >= 11 is 5.81. The molecule has 1 aliphatic carbocycles. The number of halogens is 4. The molecule has 1 saturated carbocycles. The molecule has 0 heterocycles. The molecule has 0 N–H and O–H groups in total. The van der Waals surface area contributed by atoms with Gasteiger partial charge in [-0.3, -0.25) is 0 Å². The summed E-state index contributed by atoms with van der Waals surface area (Å²) in [5, 5.41) is 0.444. The minimum absolute atomic E-state index is 0.202. The van der Waals surface area contributed by atoms with Gasteiger partial charge in [0, 0.05) is 5.02 Å². The Morgan fingerprint density at radius 1 is 1.21 bits per heavy atom. The van der Waals surface area contributed by atoms with Crippen LogP contribution in [0.4, 0.5) is 12.9 Å². The fraction of sp³-hybridized carbons (Fsp3) is 0.333. The van der Waals surface area contributed by atoms with Crippen molar-refractivity contribution < 1.29 is 12.9 Å². The van der Waals surface area contributed by atoms with E-state index in [1.54, 1.807) is 24.3 Å². The van der Waals surface area contributed by atoms with Crippen molar-refractivity contribution in [2.24, 2.45) is 0 Å². The minimum Gasteiger partial charge on any atom is -0.449 e. The first kappa shape index (κ1) is 9.90. The van der Waals surface area contributed by atoms with Gasteiger partial charge in [0.1, 0.15) is 0 Å².